The second-order valence-electron chi connectivity index (χ2n) is 8.85. The Balaban J connectivity index is 1.36. The van der Waals surface area contributed by atoms with E-state index in [9.17, 15) is 9.59 Å². The molecule has 2 aliphatic rings. The normalized spacial score (nSPS) is 22.1. The summed E-state index contributed by atoms with van der Waals surface area (Å²) in [6.07, 6.45) is 3.67. The van der Waals surface area contributed by atoms with Crippen LogP contribution in [0.25, 0.3) is 0 Å². The number of amides is 2. The molecule has 2 saturated heterocycles. The van der Waals surface area contributed by atoms with Crippen molar-refractivity contribution in [1.29, 1.82) is 0 Å². The third kappa shape index (κ3) is 4.96. The number of rotatable bonds is 5. The molecule has 172 valence electrons. The van der Waals surface area contributed by atoms with Crippen molar-refractivity contribution in [2.75, 3.05) is 33.3 Å². The Morgan fingerprint density at radius 1 is 1.16 bits per heavy atom. The number of methoxy groups -OCH3 is 1. The summed E-state index contributed by atoms with van der Waals surface area (Å²) in [7, 11) is 1.63. The second kappa shape index (κ2) is 9.73. The van der Waals surface area contributed by atoms with E-state index in [0.717, 1.165) is 29.8 Å². The number of hydrogen-bond donors (Lipinski definition) is 1. The maximum absolute atomic E-state index is 13.2. The van der Waals surface area contributed by atoms with Crippen molar-refractivity contribution in [3.63, 3.8) is 0 Å². The van der Waals surface area contributed by atoms with Crippen molar-refractivity contribution in [3.8, 4) is 5.75 Å². The molecule has 1 aromatic carbocycles. The molecule has 2 atom stereocenters. The van der Waals surface area contributed by atoms with Crippen molar-refractivity contribution in [2.24, 2.45) is 0 Å². The number of benzene rings is 1. The van der Waals surface area contributed by atoms with E-state index in [2.05, 4.69) is 10.2 Å². The second-order valence-corrected chi connectivity index (χ2v) is 8.85. The van der Waals surface area contributed by atoms with Crippen LogP contribution in [0.3, 0.4) is 0 Å². The van der Waals surface area contributed by atoms with Crippen LogP contribution in [0.15, 0.2) is 30.5 Å². The summed E-state index contributed by atoms with van der Waals surface area (Å²) in [6.45, 7) is 6.50. The summed E-state index contributed by atoms with van der Waals surface area (Å²) in [4.78, 5) is 29.8. The highest BCUT2D eigenvalue weighted by molar-refractivity contribution is 5.95. The topological polar surface area (TPSA) is 87.8 Å². The van der Waals surface area contributed by atoms with Gasteiger partial charge in [-0.2, -0.15) is 5.10 Å². The van der Waals surface area contributed by atoms with Crippen molar-refractivity contribution in [3.05, 3.63) is 47.3 Å². The molecule has 0 saturated carbocycles. The molecule has 2 fully saturated rings. The van der Waals surface area contributed by atoms with E-state index in [0.29, 0.717) is 38.2 Å². The van der Waals surface area contributed by atoms with Crippen LogP contribution >= 0.6 is 0 Å². The van der Waals surface area contributed by atoms with Gasteiger partial charge in [0.2, 0.25) is 5.91 Å². The standard InChI is InChI=1S/C24H32N4O4/c1-16-14-28(15-17(2)32-16)24(30)21-13-25-26-23(21)19-7-9-27(10-8-19)22(29)12-18-5-4-6-20(11-18)31-3/h4-6,11,13,16-17,19H,7-10,12,14-15H2,1-3H3,(H,25,26)/t16-,17+. The number of aromatic amines is 1. The van der Waals surface area contributed by atoms with E-state index >= 15 is 0 Å². The molecule has 32 heavy (non-hydrogen) atoms. The van der Waals surface area contributed by atoms with Gasteiger partial charge in [-0.1, -0.05) is 12.1 Å². The SMILES string of the molecule is COc1cccc(CC(=O)N2CCC(c3[nH]ncc3C(=O)N3C[C@@H](C)O[C@@H](C)C3)CC2)c1. The van der Waals surface area contributed by atoms with Gasteiger partial charge in [0.15, 0.2) is 0 Å². The van der Waals surface area contributed by atoms with Crippen LogP contribution in [-0.4, -0.2) is 77.3 Å². The molecule has 2 aromatic rings. The molecule has 2 aliphatic heterocycles. The summed E-state index contributed by atoms with van der Waals surface area (Å²) in [6, 6.07) is 7.63. The lowest BCUT2D eigenvalue weighted by atomic mass is 9.90. The van der Waals surface area contributed by atoms with Crippen molar-refractivity contribution >= 4 is 11.8 Å². The van der Waals surface area contributed by atoms with Crippen LogP contribution in [-0.2, 0) is 16.0 Å². The van der Waals surface area contributed by atoms with E-state index < -0.39 is 0 Å². The number of morpholine rings is 1. The fraction of sp³-hybridized carbons (Fsp3) is 0.542. The highest BCUT2D eigenvalue weighted by atomic mass is 16.5. The number of carbonyl (C=O) groups is 2. The number of piperidine rings is 1. The van der Waals surface area contributed by atoms with Crippen molar-refractivity contribution in [1.82, 2.24) is 20.0 Å². The Bertz CT molecular complexity index is 941. The van der Waals surface area contributed by atoms with E-state index in [-0.39, 0.29) is 29.9 Å². The zero-order chi connectivity index (χ0) is 22.7. The third-order valence-corrected chi connectivity index (χ3v) is 6.35. The van der Waals surface area contributed by atoms with Gasteiger partial charge >= 0.3 is 0 Å². The Morgan fingerprint density at radius 2 is 1.88 bits per heavy atom. The summed E-state index contributed by atoms with van der Waals surface area (Å²) >= 11 is 0. The smallest absolute Gasteiger partial charge is 0.257 e. The number of nitrogens with one attached hydrogen (secondary N) is 1. The summed E-state index contributed by atoms with van der Waals surface area (Å²) in [5.41, 5.74) is 2.49. The van der Waals surface area contributed by atoms with Gasteiger partial charge in [-0.25, -0.2) is 0 Å². The first-order chi connectivity index (χ1) is 15.4. The number of nitrogens with zero attached hydrogens (tertiary/aromatic N) is 3. The largest absolute Gasteiger partial charge is 0.497 e. The van der Waals surface area contributed by atoms with Crippen LogP contribution in [0.5, 0.6) is 5.75 Å². The maximum Gasteiger partial charge on any atom is 0.257 e. The summed E-state index contributed by atoms with van der Waals surface area (Å²) < 4.78 is 11.0. The predicted molar refractivity (Wildman–Crippen MR) is 120 cm³/mol. The molecule has 1 aromatic heterocycles. The van der Waals surface area contributed by atoms with Crippen LogP contribution < -0.4 is 4.74 Å². The van der Waals surface area contributed by atoms with Gasteiger partial charge < -0.3 is 19.3 Å². The lowest BCUT2D eigenvalue weighted by molar-refractivity contribution is -0.131. The summed E-state index contributed by atoms with van der Waals surface area (Å²) in [5.74, 6) is 1.07. The maximum atomic E-state index is 13.2. The number of H-pyrrole nitrogens is 1. The van der Waals surface area contributed by atoms with Gasteiger partial charge in [0.25, 0.3) is 5.91 Å². The molecule has 0 bridgehead atoms. The highest BCUT2D eigenvalue weighted by Gasteiger charge is 2.32. The molecule has 0 spiro atoms. The molecule has 0 aliphatic carbocycles. The lowest BCUT2D eigenvalue weighted by Gasteiger charge is -2.36. The van der Waals surface area contributed by atoms with E-state index in [4.69, 9.17) is 9.47 Å². The molecule has 8 nitrogen and oxygen atoms in total. The van der Waals surface area contributed by atoms with Gasteiger partial charge in [0.05, 0.1) is 43.2 Å². The van der Waals surface area contributed by atoms with Crippen LogP contribution in [0, 0.1) is 0 Å². The van der Waals surface area contributed by atoms with Crippen LogP contribution in [0.1, 0.15) is 54.2 Å². The molecule has 0 radical (unpaired) electrons. The van der Waals surface area contributed by atoms with E-state index in [1.54, 1.807) is 13.3 Å². The fourth-order valence-electron chi connectivity index (χ4n) is 4.78. The highest BCUT2D eigenvalue weighted by Crippen LogP contribution is 2.30. The van der Waals surface area contributed by atoms with Gasteiger partial charge in [-0.3, -0.25) is 14.7 Å². The first-order valence-electron chi connectivity index (χ1n) is 11.3. The van der Waals surface area contributed by atoms with Gasteiger partial charge in [0.1, 0.15) is 5.75 Å². The van der Waals surface area contributed by atoms with Gasteiger partial charge in [-0.05, 0) is 44.4 Å². The minimum Gasteiger partial charge on any atom is -0.497 e. The Labute approximate surface area is 188 Å². The average molecular weight is 441 g/mol. The van der Waals surface area contributed by atoms with Crippen LogP contribution in [0.4, 0.5) is 0 Å². The average Bonchev–Trinajstić information content (AvgIpc) is 3.28. The molecule has 4 rings (SSSR count). The monoisotopic (exact) mass is 440 g/mol. The third-order valence-electron chi connectivity index (χ3n) is 6.35. The molecule has 3 heterocycles. The zero-order valence-corrected chi connectivity index (χ0v) is 19.0. The number of carbonyl (C=O) groups excluding carboxylic acids is 2. The zero-order valence-electron chi connectivity index (χ0n) is 19.0. The number of ether oxygens (including phenoxy) is 2. The molecule has 8 heteroatoms. The van der Waals surface area contributed by atoms with E-state index in [1.165, 1.54) is 0 Å². The Morgan fingerprint density at radius 3 is 2.56 bits per heavy atom. The molecule has 1 N–H and O–H groups in total. The van der Waals surface area contributed by atoms with Gasteiger partial charge in [-0.15, -0.1) is 0 Å². The Kier molecular flexibility index (Phi) is 6.79. The molecule has 0 unspecified atom stereocenters. The molecular formula is C24H32N4O4. The molecule has 2 amide bonds. The first-order valence-corrected chi connectivity index (χ1v) is 11.3. The van der Waals surface area contributed by atoms with Gasteiger partial charge in [0, 0.05) is 32.1 Å². The first kappa shape index (κ1) is 22.3. The fourth-order valence-corrected chi connectivity index (χ4v) is 4.78. The number of aromatic nitrogens is 2. The van der Waals surface area contributed by atoms with Crippen molar-refractivity contribution < 1.29 is 19.1 Å². The Hall–Kier alpha value is -2.87. The van der Waals surface area contributed by atoms with E-state index in [1.807, 2.05) is 47.9 Å². The quantitative estimate of drug-likeness (QED) is 0.772. The summed E-state index contributed by atoms with van der Waals surface area (Å²) in [5, 5.41) is 7.25. The lowest BCUT2D eigenvalue weighted by Crippen LogP contribution is -2.48. The number of hydrogen-bond acceptors (Lipinski definition) is 5. The van der Waals surface area contributed by atoms with Crippen molar-refractivity contribution in [2.45, 2.75) is 51.2 Å². The van der Waals surface area contributed by atoms with Crippen LogP contribution in [0.2, 0.25) is 0 Å². The predicted octanol–water partition coefficient (Wildman–Crippen LogP) is 2.62. The minimum absolute atomic E-state index is 0.00674. The number of likely N-dealkylation sites (tertiary alicyclic amines) is 1. The molecular weight excluding hydrogens is 408 g/mol. The minimum atomic E-state index is 0.00674.